The third-order valence-electron chi connectivity index (χ3n) is 3.27. The van der Waals surface area contributed by atoms with Crippen molar-refractivity contribution in [1.82, 2.24) is 10.3 Å². The smallest absolute Gasteiger partial charge is 0.175 e. The molecular formula is C15H17ClN2O2S. The quantitative estimate of drug-likeness (QED) is 0.918. The summed E-state index contributed by atoms with van der Waals surface area (Å²) in [5.74, 6) is 0. The van der Waals surface area contributed by atoms with Crippen LogP contribution in [0.2, 0.25) is 5.02 Å². The van der Waals surface area contributed by atoms with Gasteiger partial charge in [-0.2, -0.15) is 0 Å². The van der Waals surface area contributed by atoms with E-state index in [0.717, 1.165) is 5.56 Å². The summed E-state index contributed by atoms with van der Waals surface area (Å²) in [6.45, 7) is 2.39. The van der Waals surface area contributed by atoms with Crippen LogP contribution in [-0.2, 0) is 16.4 Å². The van der Waals surface area contributed by atoms with E-state index in [2.05, 4.69) is 10.3 Å². The first-order valence-corrected chi connectivity index (χ1v) is 8.77. The lowest BCUT2D eigenvalue weighted by atomic mass is 10.1. The largest absolute Gasteiger partial charge is 0.306 e. The Bertz CT molecular complexity index is 718. The predicted molar refractivity (Wildman–Crippen MR) is 84.1 cm³/mol. The van der Waals surface area contributed by atoms with Gasteiger partial charge in [0.1, 0.15) is 0 Å². The second-order valence-corrected chi connectivity index (χ2v) is 7.26. The first kappa shape index (κ1) is 15.9. The lowest BCUT2D eigenvalue weighted by molar-refractivity contribution is 0.565. The molecule has 1 atom stereocenters. The molecule has 0 aliphatic rings. The zero-order valence-electron chi connectivity index (χ0n) is 11.9. The van der Waals surface area contributed by atoms with Crippen LogP contribution in [0.15, 0.2) is 47.6 Å². The molecule has 0 bridgehead atoms. The van der Waals surface area contributed by atoms with Crippen molar-refractivity contribution in [2.45, 2.75) is 24.4 Å². The Balaban J connectivity index is 2.21. The van der Waals surface area contributed by atoms with Crippen LogP contribution in [0, 0.1) is 0 Å². The first-order valence-electron chi connectivity index (χ1n) is 6.50. The molecule has 112 valence electrons. The monoisotopic (exact) mass is 324 g/mol. The van der Waals surface area contributed by atoms with Crippen molar-refractivity contribution < 1.29 is 8.42 Å². The van der Waals surface area contributed by atoms with Gasteiger partial charge in [-0.15, -0.1) is 0 Å². The number of aromatic nitrogens is 1. The van der Waals surface area contributed by atoms with Gasteiger partial charge >= 0.3 is 0 Å². The number of sulfone groups is 1. The minimum atomic E-state index is -3.30. The maximum atomic E-state index is 11.8. The van der Waals surface area contributed by atoms with Gasteiger partial charge in [-0.05, 0) is 36.8 Å². The van der Waals surface area contributed by atoms with Crippen LogP contribution in [0.25, 0.3) is 0 Å². The van der Waals surface area contributed by atoms with Gasteiger partial charge in [0.2, 0.25) is 0 Å². The van der Waals surface area contributed by atoms with Gasteiger partial charge in [0.25, 0.3) is 0 Å². The van der Waals surface area contributed by atoms with Crippen LogP contribution < -0.4 is 5.32 Å². The van der Waals surface area contributed by atoms with E-state index < -0.39 is 9.84 Å². The van der Waals surface area contributed by atoms with Crippen molar-refractivity contribution in [3.05, 3.63) is 58.9 Å². The number of benzene rings is 1. The molecule has 1 heterocycles. The van der Waals surface area contributed by atoms with Gasteiger partial charge in [-0.3, -0.25) is 4.98 Å². The van der Waals surface area contributed by atoms with E-state index in [1.807, 2.05) is 19.1 Å². The highest BCUT2D eigenvalue weighted by Crippen LogP contribution is 2.24. The summed E-state index contributed by atoms with van der Waals surface area (Å²) in [6, 6.07) is 8.83. The van der Waals surface area contributed by atoms with E-state index in [-0.39, 0.29) is 10.9 Å². The van der Waals surface area contributed by atoms with E-state index in [0.29, 0.717) is 17.1 Å². The topological polar surface area (TPSA) is 59.1 Å². The number of hydrogen-bond acceptors (Lipinski definition) is 4. The van der Waals surface area contributed by atoms with Crippen molar-refractivity contribution in [3.63, 3.8) is 0 Å². The molecule has 0 radical (unpaired) electrons. The highest BCUT2D eigenvalue weighted by molar-refractivity contribution is 7.90. The number of nitrogens with zero attached hydrogens (tertiary/aromatic N) is 1. The first-order chi connectivity index (χ1) is 9.89. The van der Waals surface area contributed by atoms with Gasteiger partial charge in [-0.1, -0.05) is 17.7 Å². The van der Waals surface area contributed by atoms with Crippen molar-refractivity contribution >= 4 is 21.4 Å². The third kappa shape index (κ3) is 4.03. The summed E-state index contributed by atoms with van der Waals surface area (Å²) in [5, 5.41) is 3.74. The van der Waals surface area contributed by atoms with Crippen LogP contribution in [0.1, 0.15) is 24.1 Å². The molecule has 1 unspecified atom stereocenters. The third-order valence-corrected chi connectivity index (χ3v) is 4.80. The number of hydrogen-bond donors (Lipinski definition) is 1. The van der Waals surface area contributed by atoms with E-state index in [1.54, 1.807) is 30.6 Å². The maximum Gasteiger partial charge on any atom is 0.175 e. The van der Waals surface area contributed by atoms with Gasteiger partial charge < -0.3 is 5.32 Å². The fourth-order valence-corrected chi connectivity index (χ4v) is 3.34. The van der Waals surface area contributed by atoms with Crippen molar-refractivity contribution in [2.24, 2.45) is 0 Å². The molecular weight excluding hydrogens is 308 g/mol. The van der Waals surface area contributed by atoms with Crippen LogP contribution in [0.4, 0.5) is 0 Å². The molecule has 0 aliphatic carbocycles. The summed E-state index contributed by atoms with van der Waals surface area (Å²) < 4.78 is 23.7. The molecule has 2 rings (SSSR count). The normalized spacial score (nSPS) is 13.1. The summed E-state index contributed by atoms with van der Waals surface area (Å²) in [5.41, 5.74) is 1.68. The Morgan fingerprint density at radius 1 is 1.24 bits per heavy atom. The van der Waals surface area contributed by atoms with Gasteiger partial charge in [-0.25, -0.2) is 8.42 Å². The van der Waals surface area contributed by atoms with E-state index in [4.69, 9.17) is 11.6 Å². The molecule has 1 aromatic carbocycles. The summed E-state index contributed by atoms with van der Waals surface area (Å²) in [4.78, 5) is 4.25. The zero-order chi connectivity index (χ0) is 15.5. The minimum absolute atomic E-state index is 0.0664. The SMILES string of the molecule is CC(NCc1c(Cl)cccc1S(C)(=O)=O)c1ccncc1. The molecule has 0 aliphatic heterocycles. The molecule has 0 amide bonds. The molecule has 1 N–H and O–H groups in total. The Hall–Kier alpha value is -1.43. The predicted octanol–water partition coefficient (Wildman–Crippen LogP) is 2.99. The van der Waals surface area contributed by atoms with E-state index in [1.165, 1.54) is 6.26 Å². The van der Waals surface area contributed by atoms with Crippen molar-refractivity contribution in [3.8, 4) is 0 Å². The van der Waals surface area contributed by atoms with Gasteiger partial charge in [0, 0.05) is 41.8 Å². The lowest BCUT2D eigenvalue weighted by Crippen LogP contribution is -2.20. The molecule has 0 spiro atoms. The molecule has 0 saturated carbocycles. The van der Waals surface area contributed by atoms with Gasteiger partial charge in [0.15, 0.2) is 9.84 Å². The summed E-state index contributed by atoms with van der Waals surface area (Å²) in [7, 11) is -3.30. The summed E-state index contributed by atoms with van der Waals surface area (Å²) in [6.07, 6.45) is 4.64. The number of rotatable bonds is 5. The zero-order valence-corrected chi connectivity index (χ0v) is 13.4. The molecule has 21 heavy (non-hydrogen) atoms. The average molecular weight is 325 g/mol. The fourth-order valence-electron chi connectivity index (χ4n) is 2.08. The fraction of sp³-hybridized carbons (Fsp3) is 0.267. The van der Waals surface area contributed by atoms with Crippen LogP contribution in [0.5, 0.6) is 0 Å². The molecule has 0 fully saturated rings. The highest BCUT2D eigenvalue weighted by Gasteiger charge is 2.16. The molecule has 0 saturated heterocycles. The van der Waals surface area contributed by atoms with E-state index in [9.17, 15) is 8.42 Å². The second-order valence-electron chi connectivity index (χ2n) is 4.87. The molecule has 6 heteroatoms. The van der Waals surface area contributed by atoms with Crippen LogP contribution >= 0.6 is 11.6 Å². The average Bonchev–Trinajstić information content (AvgIpc) is 2.45. The second kappa shape index (κ2) is 6.56. The number of halogens is 1. The highest BCUT2D eigenvalue weighted by atomic mass is 35.5. The molecule has 4 nitrogen and oxygen atoms in total. The Labute approximate surface area is 130 Å². The van der Waals surface area contributed by atoms with Crippen molar-refractivity contribution in [2.75, 3.05) is 6.26 Å². The van der Waals surface area contributed by atoms with Gasteiger partial charge in [0.05, 0.1) is 4.90 Å². The van der Waals surface area contributed by atoms with Crippen molar-refractivity contribution in [1.29, 1.82) is 0 Å². The Kier molecular flexibility index (Phi) is 4.98. The molecule has 1 aromatic heterocycles. The minimum Gasteiger partial charge on any atom is -0.306 e. The lowest BCUT2D eigenvalue weighted by Gasteiger charge is -2.16. The van der Waals surface area contributed by atoms with E-state index >= 15 is 0 Å². The summed E-state index contributed by atoms with van der Waals surface area (Å²) >= 11 is 6.15. The maximum absolute atomic E-state index is 11.8. The number of nitrogens with one attached hydrogen (secondary N) is 1. The standard InChI is InChI=1S/C15H17ClN2O2S/c1-11(12-6-8-17-9-7-12)18-10-13-14(16)4-3-5-15(13)21(2,19)20/h3-9,11,18H,10H2,1-2H3. The van der Waals surface area contributed by atoms with Crippen LogP contribution in [0.3, 0.4) is 0 Å². The number of pyridine rings is 1. The molecule has 2 aromatic rings. The Morgan fingerprint density at radius 2 is 1.90 bits per heavy atom. The Morgan fingerprint density at radius 3 is 2.52 bits per heavy atom. The van der Waals surface area contributed by atoms with Crippen LogP contribution in [-0.4, -0.2) is 19.7 Å².